The van der Waals surface area contributed by atoms with Crippen LogP contribution in [0.2, 0.25) is 0 Å². The number of hydrogen-bond donors (Lipinski definition) is 2. The van der Waals surface area contributed by atoms with E-state index in [2.05, 4.69) is 10.6 Å². The molecule has 1 unspecified atom stereocenters. The van der Waals surface area contributed by atoms with Crippen molar-refractivity contribution in [3.8, 4) is 0 Å². The van der Waals surface area contributed by atoms with Crippen molar-refractivity contribution in [3.05, 3.63) is 35.9 Å². The Kier molecular flexibility index (Phi) is 3.74. The van der Waals surface area contributed by atoms with Crippen LogP contribution in [0.3, 0.4) is 0 Å². The van der Waals surface area contributed by atoms with Gasteiger partial charge >= 0.3 is 6.03 Å². The van der Waals surface area contributed by atoms with Crippen molar-refractivity contribution in [1.29, 1.82) is 0 Å². The molecular weight excluding hydrogens is 258 g/mol. The molecule has 1 saturated heterocycles. The lowest BCUT2D eigenvalue weighted by molar-refractivity contribution is -0.134. The summed E-state index contributed by atoms with van der Waals surface area (Å²) in [6.45, 7) is 3.61. The van der Waals surface area contributed by atoms with E-state index in [1.54, 1.807) is 38.1 Å². The summed E-state index contributed by atoms with van der Waals surface area (Å²) < 4.78 is 0. The number of nitrogens with zero attached hydrogens (tertiary/aromatic N) is 1. The lowest BCUT2D eigenvalue weighted by atomic mass is 9.92. The molecule has 20 heavy (non-hydrogen) atoms. The highest BCUT2D eigenvalue weighted by molar-refractivity contribution is 6.09. The molecule has 6 nitrogen and oxygen atoms in total. The van der Waals surface area contributed by atoms with Gasteiger partial charge in [0.1, 0.15) is 12.1 Å². The van der Waals surface area contributed by atoms with Gasteiger partial charge in [-0.15, -0.1) is 0 Å². The Bertz CT molecular complexity index is 544. The Labute approximate surface area is 117 Å². The minimum absolute atomic E-state index is 0.263. The second kappa shape index (κ2) is 5.32. The van der Waals surface area contributed by atoms with Gasteiger partial charge in [0.2, 0.25) is 5.91 Å². The van der Waals surface area contributed by atoms with Gasteiger partial charge in [0.05, 0.1) is 0 Å². The van der Waals surface area contributed by atoms with Crippen molar-refractivity contribution in [1.82, 2.24) is 15.5 Å². The van der Waals surface area contributed by atoms with Gasteiger partial charge in [-0.25, -0.2) is 4.79 Å². The maximum atomic E-state index is 12.4. The van der Waals surface area contributed by atoms with Crippen LogP contribution in [0.25, 0.3) is 0 Å². The number of likely N-dealkylation sites (N-methyl/N-ethyl adjacent to an activating group) is 1. The third kappa shape index (κ3) is 2.36. The second-order valence-electron chi connectivity index (χ2n) is 4.77. The molecular formula is C14H17N3O3. The van der Waals surface area contributed by atoms with E-state index in [1.807, 2.05) is 6.07 Å². The summed E-state index contributed by atoms with van der Waals surface area (Å²) in [5.41, 5.74) is -0.429. The average Bonchev–Trinajstić information content (AvgIpc) is 2.65. The van der Waals surface area contributed by atoms with E-state index in [0.717, 1.165) is 4.90 Å². The van der Waals surface area contributed by atoms with E-state index in [0.29, 0.717) is 12.1 Å². The minimum Gasteiger partial charge on any atom is -0.355 e. The molecule has 1 aliphatic heterocycles. The lowest BCUT2D eigenvalue weighted by Crippen LogP contribution is -2.43. The normalized spacial score (nSPS) is 21.8. The van der Waals surface area contributed by atoms with E-state index in [1.165, 1.54) is 0 Å². The first-order valence-electron chi connectivity index (χ1n) is 6.45. The molecule has 1 aliphatic rings. The zero-order valence-corrected chi connectivity index (χ0v) is 11.5. The molecule has 6 heteroatoms. The van der Waals surface area contributed by atoms with Crippen LogP contribution in [0.4, 0.5) is 4.79 Å². The number of carbonyl (C=O) groups excluding carboxylic acids is 3. The van der Waals surface area contributed by atoms with Crippen LogP contribution in [0.15, 0.2) is 30.3 Å². The van der Waals surface area contributed by atoms with Crippen LogP contribution < -0.4 is 10.6 Å². The molecule has 0 aromatic heterocycles. The number of hydrogen-bond acceptors (Lipinski definition) is 3. The molecule has 4 amide bonds. The number of benzene rings is 1. The molecule has 1 fully saturated rings. The highest BCUT2D eigenvalue weighted by Gasteiger charge is 2.49. The summed E-state index contributed by atoms with van der Waals surface area (Å²) in [4.78, 5) is 36.9. The van der Waals surface area contributed by atoms with E-state index in [4.69, 9.17) is 0 Å². The standard InChI is InChI=1S/C14H17N3O3/c1-3-15-11(18)9-17-12(19)14(2,16-13(17)20)10-7-5-4-6-8-10/h4-8H,3,9H2,1-2H3,(H,15,18)(H,16,20). The van der Waals surface area contributed by atoms with Crippen LogP contribution in [0.5, 0.6) is 0 Å². The number of nitrogens with one attached hydrogen (secondary N) is 2. The Morgan fingerprint density at radius 1 is 1.30 bits per heavy atom. The van der Waals surface area contributed by atoms with Crippen molar-refractivity contribution >= 4 is 17.8 Å². The van der Waals surface area contributed by atoms with Crippen LogP contribution in [-0.2, 0) is 15.1 Å². The molecule has 0 radical (unpaired) electrons. The maximum Gasteiger partial charge on any atom is 0.325 e. The first-order chi connectivity index (χ1) is 9.49. The second-order valence-corrected chi connectivity index (χ2v) is 4.77. The zero-order valence-electron chi connectivity index (χ0n) is 11.5. The Morgan fingerprint density at radius 2 is 1.95 bits per heavy atom. The summed E-state index contributed by atoms with van der Waals surface area (Å²) in [6.07, 6.45) is 0. The minimum atomic E-state index is -1.12. The van der Waals surface area contributed by atoms with Crippen molar-refractivity contribution < 1.29 is 14.4 Å². The monoisotopic (exact) mass is 275 g/mol. The molecule has 106 valence electrons. The number of amides is 4. The molecule has 0 aliphatic carbocycles. The molecule has 1 aromatic carbocycles. The Balaban J connectivity index is 2.22. The predicted molar refractivity (Wildman–Crippen MR) is 72.7 cm³/mol. The number of urea groups is 1. The summed E-state index contributed by atoms with van der Waals surface area (Å²) in [5.74, 6) is -0.770. The van der Waals surface area contributed by atoms with E-state index in [9.17, 15) is 14.4 Å². The average molecular weight is 275 g/mol. The van der Waals surface area contributed by atoms with Crippen molar-refractivity contribution in [2.45, 2.75) is 19.4 Å². The zero-order chi connectivity index (χ0) is 14.8. The topological polar surface area (TPSA) is 78.5 Å². The van der Waals surface area contributed by atoms with E-state index in [-0.39, 0.29) is 12.5 Å². The van der Waals surface area contributed by atoms with Crippen LogP contribution >= 0.6 is 0 Å². The van der Waals surface area contributed by atoms with Crippen molar-refractivity contribution in [2.24, 2.45) is 0 Å². The largest absolute Gasteiger partial charge is 0.355 e. The van der Waals surface area contributed by atoms with Crippen LogP contribution in [-0.4, -0.2) is 35.8 Å². The van der Waals surface area contributed by atoms with Crippen molar-refractivity contribution in [3.63, 3.8) is 0 Å². The molecule has 1 atom stereocenters. The molecule has 0 bridgehead atoms. The molecule has 0 saturated carbocycles. The Morgan fingerprint density at radius 3 is 2.55 bits per heavy atom. The van der Waals surface area contributed by atoms with Gasteiger partial charge in [0.25, 0.3) is 5.91 Å². The number of carbonyl (C=O) groups is 3. The first kappa shape index (κ1) is 14.0. The third-order valence-corrected chi connectivity index (χ3v) is 3.30. The van der Waals surface area contributed by atoms with Gasteiger partial charge in [-0.2, -0.15) is 0 Å². The van der Waals surface area contributed by atoms with Gasteiger partial charge in [-0.05, 0) is 19.4 Å². The van der Waals surface area contributed by atoms with Crippen LogP contribution in [0.1, 0.15) is 19.4 Å². The molecule has 0 spiro atoms. The van der Waals surface area contributed by atoms with E-state index >= 15 is 0 Å². The fourth-order valence-corrected chi connectivity index (χ4v) is 2.20. The van der Waals surface area contributed by atoms with Gasteiger partial charge < -0.3 is 10.6 Å². The third-order valence-electron chi connectivity index (χ3n) is 3.30. The van der Waals surface area contributed by atoms with Gasteiger partial charge in [-0.1, -0.05) is 30.3 Å². The number of imide groups is 1. The Hall–Kier alpha value is -2.37. The van der Waals surface area contributed by atoms with Gasteiger partial charge in [-0.3, -0.25) is 14.5 Å². The number of rotatable bonds is 4. The molecule has 2 N–H and O–H groups in total. The van der Waals surface area contributed by atoms with Crippen LogP contribution in [0, 0.1) is 0 Å². The van der Waals surface area contributed by atoms with Crippen molar-refractivity contribution in [2.75, 3.05) is 13.1 Å². The summed E-state index contributed by atoms with van der Waals surface area (Å²) in [6, 6.07) is 8.42. The smallest absolute Gasteiger partial charge is 0.325 e. The van der Waals surface area contributed by atoms with E-state index < -0.39 is 17.5 Å². The summed E-state index contributed by atoms with van der Waals surface area (Å²) in [7, 11) is 0. The summed E-state index contributed by atoms with van der Waals surface area (Å²) in [5, 5.41) is 5.22. The van der Waals surface area contributed by atoms with Gasteiger partial charge in [0, 0.05) is 6.54 Å². The molecule has 1 aromatic rings. The highest BCUT2D eigenvalue weighted by atomic mass is 16.2. The SMILES string of the molecule is CCNC(=O)CN1C(=O)NC(C)(c2ccccc2)C1=O. The highest BCUT2D eigenvalue weighted by Crippen LogP contribution is 2.28. The van der Waals surface area contributed by atoms with Gasteiger partial charge in [0.15, 0.2) is 0 Å². The predicted octanol–water partition coefficient (Wildman–Crippen LogP) is 0.590. The fourth-order valence-electron chi connectivity index (χ4n) is 2.20. The first-order valence-corrected chi connectivity index (χ1v) is 6.45. The maximum absolute atomic E-state index is 12.4. The molecule has 2 rings (SSSR count). The summed E-state index contributed by atoms with van der Waals surface area (Å²) >= 11 is 0. The lowest BCUT2D eigenvalue weighted by Gasteiger charge is -2.22. The quantitative estimate of drug-likeness (QED) is 0.789. The molecule has 1 heterocycles. The fraction of sp³-hybridized carbons (Fsp3) is 0.357.